The van der Waals surface area contributed by atoms with Crippen LogP contribution in [-0.2, 0) is 0 Å². The van der Waals surface area contributed by atoms with Crippen molar-refractivity contribution >= 4 is 42.5 Å². The van der Waals surface area contributed by atoms with Crippen molar-refractivity contribution in [1.82, 2.24) is 29.9 Å². The van der Waals surface area contributed by atoms with Gasteiger partial charge in [-0.05, 0) is 18.2 Å². The first kappa shape index (κ1) is 27.2. The van der Waals surface area contributed by atoms with Gasteiger partial charge in [0, 0.05) is 49.5 Å². The highest BCUT2D eigenvalue weighted by molar-refractivity contribution is 7.26. The molecule has 4 aromatic heterocycles. The maximum absolute atomic E-state index is 5.12. The minimum absolute atomic E-state index is 0.590. The molecule has 0 fully saturated rings. The van der Waals surface area contributed by atoms with E-state index in [1.807, 2.05) is 97.1 Å². The fraction of sp³-hybridized carbons (Fsp3) is 0. The average molecular weight is 621 g/mol. The molecule has 5 aromatic carbocycles. The van der Waals surface area contributed by atoms with Gasteiger partial charge < -0.3 is 0 Å². The lowest BCUT2D eigenvalue weighted by molar-refractivity contribution is 1.07. The predicted octanol–water partition coefficient (Wildman–Crippen LogP) is 9.91. The van der Waals surface area contributed by atoms with Gasteiger partial charge >= 0.3 is 0 Å². The van der Waals surface area contributed by atoms with Crippen LogP contribution >= 0.6 is 11.3 Å². The molecule has 0 bridgehead atoms. The zero-order valence-electron chi connectivity index (χ0n) is 24.9. The minimum atomic E-state index is 0.590. The first-order valence-electron chi connectivity index (χ1n) is 15.3. The number of nitrogens with zero attached hydrogens (tertiary/aromatic N) is 6. The molecular weight excluding hydrogens is 597 g/mol. The zero-order valence-corrected chi connectivity index (χ0v) is 25.8. The van der Waals surface area contributed by atoms with Gasteiger partial charge in [0.05, 0.1) is 21.4 Å². The van der Waals surface area contributed by atoms with E-state index in [4.69, 9.17) is 24.9 Å². The van der Waals surface area contributed by atoms with Crippen LogP contribution in [-0.4, -0.2) is 29.9 Å². The van der Waals surface area contributed by atoms with Gasteiger partial charge in [0.25, 0.3) is 0 Å². The Morgan fingerprint density at radius 3 is 1.72 bits per heavy atom. The monoisotopic (exact) mass is 620 g/mol. The number of thiophene rings is 1. The third-order valence-corrected chi connectivity index (χ3v) is 9.37. The van der Waals surface area contributed by atoms with Gasteiger partial charge in [0.15, 0.2) is 23.3 Å². The van der Waals surface area contributed by atoms with E-state index in [1.165, 1.54) is 4.70 Å². The summed E-state index contributed by atoms with van der Waals surface area (Å²) in [4.78, 5) is 29.5. The van der Waals surface area contributed by atoms with Crippen LogP contribution in [0.3, 0.4) is 0 Å². The summed E-state index contributed by atoms with van der Waals surface area (Å²) < 4.78 is 2.29. The number of hydrogen-bond donors (Lipinski definition) is 0. The third kappa shape index (κ3) is 4.99. The minimum Gasteiger partial charge on any atom is -0.256 e. The van der Waals surface area contributed by atoms with Crippen LogP contribution in [0.25, 0.3) is 88.0 Å². The van der Waals surface area contributed by atoms with Crippen molar-refractivity contribution in [3.8, 4) is 56.8 Å². The van der Waals surface area contributed by atoms with Gasteiger partial charge in [-0.3, -0.25) is 4.98 Å². The maximum atomic E-state index is 5.12. The van der Waals surface area contributed by atoms with E-state index in [9.17, 15) is 0 Å². The van der Waals surface area contributed by atoms with E-state index in [0.29, 0.717) is 23.3 Å². The Morgan fingerprint density at radius 2 is 1.00 bits per heavy atom. The Hall–Kier alpha value is -6.18. The van der Waals surface area contributed by atoms with Gasteiger partial charge in [-0.15, -0.1) is 11.3 Å². The second-order valence-corrected chi connectivity index (χ2v) is 12.3. The van der Waals surface area contributed by atoms with Crippen LogP contribution in [0.2, 0.25) is 0 Å². The Bertz CT molecular complexity index is 2560. The molecule has 0 unspecified atom stereocenters. The van der Waals surface area contributed by atoms with E-state index in [2.05, 4.69) is 47.4 Å². The number of benzene rings is 5. The number of aromatic nitrogens is 6. The standard InChI is InChI=1S/C40H24N6S/c1-3-10-26(11-4-1)34-36-35(31-15-7-8-16-33(31)47-36)43-37(42-34)28-18-20-29(21-19-28)39-44-38(27-12-5-2-6-13-27)45-40(46-39)30-22-17-25-14-9-23-41-32(25)24-30/h1-24H. The summed E-state index contributed by atoms with van der Waals surface area (Å²) in [7, 11) is 0. The smallest absolute Gasteiger partial charge is 0.164 e. The summed E-state index contributed by atoms with van der Waals surface area (Å²) in [5.41, 5.74) is 7.47. The Morgan fingerprint density at radius 1 is 0.426 bits per heavy atom. The zero-order chi connectivity index (χ0) is 31.2. The number of fused-ring (bicyclic) bond motifs is 4. The highest BCUT2D eigenvalue weighted by Crippen LogP contribution is 2.39. The van der Waals surface area contributed by atoms with E-state index < -0.39 is 0 Å². The van der Waals surface area contributed by atoms with Crippen LogP contribution in [0, 0.1) is 0 Å². The second-order valence-electron chi connectivity index (χ2n) is 11.2. The molecule has 0 aliphatic heterocycles. The van der Waals surface area contributed by atoms with Crippen molar-refractivity contribution in [3.05, 3.63) is 146 Å². The normalized spacial score (nSPS) is 11.4. The maximum Gasteiger partial charge on any atom is 0.164 e. The molecule has 0 radical (unpaired) electrons. The highest BCUT2D eigenvalue weighted by atomic mass is 32.1. The van der Waals surface area contributed by atoms with E-state index >= 15 is 0 Å². The molecule has 0 aliphatic rings. The fourth-order valence-electron chi connectivity index (χ4n) is 5.84. The molecule has 47 heavy (non-hydrogen) atoms. The van der Waals surface area contributed by atoms with Gasteiger partial charge in [0.2, 0.25) is 0 Å². The third-order valence-electron chi connectivity index (χ3n) is 8.20. The molecule has 9 aromatic rings. The summed E-state index contributed by atoms with van der Waals surface area (Å²) in [6.45, 7) is 0. The number of pyridine rings is 1. The molecule has 9 rings (SSSR count). The van der Waals surface area contributed by atoms with E-state index in [-0.39, 0.29) is 0 Å². The summed E-state index contributed by atoms with van der Waals surface area (Å²) >= 11 is 1.73. The largest absolute Gasteiger partial charge is 0.256 e. The van der Waals surface area contributed by atoms with Gasteiger partial charge in [-0.2, -0.15) is 0 Å². The first-order valence-corrected chi connectivity index (χ1v) is 16.1. The lowest BCUT2D eigenvalue weighted by atomic mass is 10.1. The van der Waals surface area contributed by atoms with Crippen molar-refractivity contribution in [3.63, 3.8) is 0 Å². The van der Waals surface area contributed by atoms with Crippen LogP contribution in [0.15, 0.2) is 146 Å². The lowest BCUT2D eigenvalue weighted by Crippen LogP contribution is -2.00. The summed E-state index contributed by atoms with van der Waals surface area (Å²) in [5, 5.41) is 2.20. The molecule has 0 saturated carbocycles. The van der Waals surface area contributed by atoms with Gasteiger partial charge in [-0.25, -0.2) is 24.9 Å². The Kier molecular flexibility index (Phi) is 6.54. The van der Waals surface area contributed by atoms with Crippen LogP contribution in [0.5, 0.6) is 0 Å². The molecule has 0 atom stereocenters. The predicted molar refractivity (Wildman–Crippen MR) is 191 cm³/mol. The SMILES string of the molecule is c1ccc(-c2nc(-c3ccc(-c4nc(-c5ccccc5)c5sc6ccccc6c5n4)cc3)nc(-c3ccc4cccnc4c3)n2)cc1. The van der Waals surface area contributed by atoms with E-state index in [1.54, 1.807) is 17.5 Å². The van der Waals surface area contributed by atoms with E-state index in [0.717, 1.165) is 60.0 Å². The second kappa shape index (κ2) is 11.3. The van der Waals surface area contributed by atoms with Gasteiger partial charge in [-0.1, -0.05) is 121 Å². The fourth-order valence-corrected chi connectivity index (χ4v) is 6.99. The molecule has 4 heterocycles. The quantitative estimate of drug-likeness (QED) is 0.191. The molecule has 0 N–H and O–H groups in total. The van der Waals surface area contributed by atoms with Crippen molar-refractivity contribution < 1.29 is 0 Å². The molecule has 220 valence electrons. The molecular formula is C40H24N6S. The highest BCUT2D eigenvalue weighted by Gasteiger charge is 2.17. The lowest BCUT2D eigenvalue weighted by Gasteiger charge is -2.10. The van der Waals surface area contributed by atoms with Gasteiger partial charge in [0.1, 0.15) is 0 Å². The topological polar surface area (TPSA) is 77.3 Å². The molecule has 0 saturated heterocycles. The average Bonchev–Trinajstić information content (AvgIpc) is 3.53. The van der Waals surface area contributed by atoms with Crippen molar-refractivity contribution in [2.24, 2.45) is 0 Å². The van der Waals surface area contributed by atoms with Crippen LogP contribution in [0.1, 0.15) is 0 Å². The molecule has 0 aliphatic carbocycles. The van der Waals surface area contributed by atoms with Crippen molar-refractivity contribution in [2.75, 3.05) is 0 Å². The van der Waals surface area contributed by atoms with Crippen LogP contribution in [0.4, 0.5) is 0 Å². The summed E-state index contributed by atoms with van der Waals surface area (Å²) in [6, 6.07) is 47.0. The Labute approximate surface area is 274 Å². The molecule has 0 amide bonds. The summed E-state index contributed by atoms with van der Waals surface area (Å²) in [6.07, 6.45) is 1.80. The summed E-state index contributed by atoms with van der Waals surface area (Å²) in [5.74, 6) is 2.47. The molecule has 7 heteroatoms. The molecule has 0 spiro atoms. The molecule has 6 nitrogen and oxygen atoms in total. The Balaban J connectivity index is 1.16. The van der Waals surface area contributed by atoms with Crippen molar-refractivity contribution in [1.29, 1.82) is 0 Å². The number of hydrogen-bond acceptors (Lipinski definition) is 7. The number of rotatable bonds is 5. The van der Waals surface area contributed by atoms with Crippen molar-refractivity contribution in [2.45, 2.75) is 0 Å². The first-order chi connectivity index (χ1) is 23.3. The van der Waals surface area contributed by atoms with Crippen LogP contribution < -0.4 is 0 Å².